The van der Waals surface area contributed by atoms with Crippen molar-refractivity contribution in [1.29, 1.82) is 0 Å². The van der Waals surface area contributed by atoms with Gasteiger partial charge in [0.25, 0.3) is 5.95 Å². The summed E-state index contributed by atoms with van der Waals surface area (Å²) in [5.41, 5.74) is 5.84. The summed E-state index contributed by atoms with van der Waals surface area (Å²) in [6.45, 7) is 0. The van der Waals surface area contributed by atoms with Crippen LogP contribution in [-0.4, -0.2) is 33.3 Å². The van der Waals surface area contributed by atoms with E-state index >= 15 is 0 Å². The van der Waals surface area contributed by atoms with Gasteiger partial charge in [-0.2, -0.15) is 0 Å². The molecule has 15 heavy (non-hydrogen) atoms. The molecular weight excluding hydrogens is 218 g/mol. The molecule has 7 nitrogen and oxygen atoms in total. The summed E-state index contributed by atoms with van der Waals surface area (Å²) >= 11 is 1.24. The van der Waals surface area contributed by atoms with E-state index in [1.54, 1.807) is 11.4 Å². The van der Waals surface area contributed by atoms with Crippen LogP contribution in [0.2, 0.25) is 0 Å². The van der Waals surface area contributed by atoms with Gasteiger partial charge in [-0.05, 0) is 16.7 Å². The summed E-state index contributed by atoms with van der Waals surface area (Å²) in [6, 6.07) is 1.69. The van der Waals surface area contributed by atoms with Crippen LogP contribution in [-0.2, 0) is 4.74 Å². The monoisotopic (exact) mass is 225 g/mol. The standard InChI is InChI=1S/C7H7N5O2S/c1-14-6(13)5-4(2-3-15-5)12-10-7(8)9-11-12/h2-3H,1H3,(H2,8,10). The van der Waals surface area contributed by atoms with Gasteiger partial charge in [-0.25, -0.2) is 4.79 Å². The van der Waals surface area contributed by atoms with Crippen LogP contribution in [0.4, 0.5) is 5.95 Å². The van der Waals surface area contributed by atoms with Crippen molar-refractivity contribution in [3.05, 3.63) is 16.3 Å². The third-order valence-electron chi connectivity index (χ3n) is 1.66. The average molecular weight is 225 g/mol. The molecular formula is C7H7N5O2S. The van der Waals surface area contributed by atoms with E-state index in [9.17, 15) is 4.79 Å². The molecule has 2 rings (SSSR count). The Morgan fingerprint density at radius 2 is 2.47 bits per heavy atom. The van der Waals surface area contributed by atoms with Crippen LogP contribution in [0.25, 0.3) is 5.69 Å². The van der Waals surface area contributed by atoms with Crippen molar-refractivity contribution in [3.8, 4) is 5.69 Å². The van der Waals surface area contributed by atoms with E-state index < -0.39 is 5.97 Å². The highest BCUT2D eigenvalue weighted by atomic mass is 32.1. The van der Waals surface area contributed by atoms with Gasteiger partial charge in [-0.3, -0.25) is 0 Å². The molecule has 0 aliphatic carbocycles. The Bertz CT molecular complexity index is 491. The first-order chi connectivity index (χ1) is 7.22. The number of thiophene rings is 1. The smallest absolute Gasteiger partial charge is 0.350 e. The lowest BCUT2D eigenvalue weighted by molar-refractivity contribution is 0.0606. The molecule has 8 heteroatoms. The number of carbonyl (C=O) groups excluding carboxylic acids is 1. The van der Waals surface area contributed by atoms with E-state index in [1.807, 2.05) is 0 Å². The zero-order valence-corrected chi connectivity index (χ0v) is 8.56. The molecule has 0 saturated heterocycles. The van der Waals surface area contributed by atoms with Crippen molar-refractivity contribution in [2.24, 2.45) is 0 Å². The molecule has 0 amide bonds. The summed E-state index contributed by atoms with van der Waals surface area (Å²) in [4.78, 5) is 12.9. The van der Waals surface area contributed by atoms with Gasteiger partial charge < -0.3 is 10.5 Å². The van der Waals surface area contributed by atoms with E-state index in [0.29, 0.717) is 10.6 Å². The lowest BCUT2D eigenvalue weighted by Crippen LogP contribution is -2.06. The van der Waals surface area contributed by atoms with Crippen molar-refractivity contribution in [1.82, 2.24) is 20.2 Å². The Morgan fingerprint density at radius 3 is 3.07 bits per heavy atom. The van der Waals surface area contributed by atoms with E-state index in [0.717, 1.165) is 0 Å². The minimum Gasteiger partial charge on any atom is -0.465 e. The molecule has 0 fully saturated rings. The molecule has 0 aromatic carbocycles. The van der Waals surface area contributed by atoms with Gasteiger partial charge in [0.05, 0.1) is 7.11 Å². The number of aromatic nitrogens is 4. The molecule has 2 N–H and O–H groups in total. The third kappa shape index (κ3) is 1.66. The normalized spacial score (nSPS) is 10.2. The van der Waals surface area contributed by atoms with Crippen molar-refractivity contribution >= 4 is 23.3 Å². The predicted molar refractivity (Wildman–Crippen MR) is 52.8 cm³/mol. The lowest BCUT2D eigenvalue weighted by atomic mass is 10.4. The second-order valence-electron chi connectivity index (χ2n) is 2.56. The Balaban J connectivity index is 2.45. The number of esters is 1. The number of anilines is 1. The molecule has 0 unspecified atom stereocenters. The molecule has 0 bridgehead atoms. The minimum absolute atomic E-state index is 0.0528. The van der Waals surface area contributed by atoms with Gasteiger partial charge in [0, 0.05) is 0 Å². The number of ether oxygens (including phenoxy) is 1. The molecule has 0 atom stereocenters. The Labute approximate surface area is 88.5 Å². The van der Waals surface area contributed by atoms with Crippen molar-refractivity contribution < 1.29 is 9.53 Å². The molecule has 2 heterocycles. The minimum atomic E-state index is -0.434. The van der Waals surface area contributed by atoms with Crippen LogP contribution < -0.4 is 5.73 Å². The second kappa shape index (κ2) is 3.65. The Morgan fingerprint density at radius 1 is 1.67 bits per heavy atom. The van der Waals surface area contributed by atoms with Gasteiger partial charge in [-0.15, -0.1) is 21.2 Å². The average Bonchev–Trinajstić information content (AvgIpc) is 2.84. The lowest BCUT2D eigenvalue weighted by Gasteiger charge is -1.98. The fourth-order valence-corrected chi connectivity index (χ4v) is 1.82. The molecule has 0 saturated carbocycles. The van der Waals surface area contributed by atoms with Crippen LogP contribution in [0.15, 0.2) is 11.4 Å². The Hall–Kier alpha value is -1.96. The van der Waals surface area contributed by atoms with Gasteiger partial charge in [0.2, 0.25) is 0 Å². The number of hydrogen-bond acceptors (Lipinski definition) is 7. The first-order valence-electron chi connectivity index (χ1n) is 3.94. The molecule has 0 aliphatic rings. The van der Waals surface area contributed by atoms with Gasteiger partial charge in [0.1, 0.15) is 10.6 Å². The van der Waals surface area contributed by atoms with Crippen LogP contribution in [0, 0.1) is 0 Å². The quantitative estimate of drug-likeness (QED) is 0.728. The predicted octanol–water partition coefficient (Wildman–Crippen LogP) is 0.0926. The second-order valence-corrected chi connectivity index (χ2v) is 3.48. The number of nitrogen functional groups attached to an aromatic ring is 1. The molecule has 0 spiro atoms. The number of methoxy groups -OCH3 is 1. The van der Waals surface area contributed by atoms with E-state index in [4.69, 9.17) is 5.73 Å². The molecule has 2 aromatic heterocycles. The number of rotatable bonds is 2. The third-order valence-corrected chi connectivity index (χ3v) is 2.54. The topological polar surface area (TPSA) is 95.9 Å². The Kier molecular flexibility index (Phi) is 2.34. The van der Waals surface area contributed by atoms with Crippen molar-refractivity contribution in [2.45, 2.75) is 0 Å². The number of hydrogen-bond donors (Lipinski definition) is 1. The molecule has 0 aliphatic heterocycles. The number of nitrogens with two attached hydrogens (primary N) is 1. The van der Waals surface area contributed by atoms with Gasteiger partial charge >= 0.3 is 5.97 Å². The number of tetrazole rings is 1. The van der Waals surface area contributed by atoms with E-state index in [1.165, 1.54) is 23.2 Å². The number of carbonyl (C=O) groups is 1. The summed E-state index contributed by atoms with van der Waals surface area (Å²) in [5, 5.41) is 12.7. The summed E-state index contributed by atoms with van der Waals surface area (Å²) in [7, 11) is 1.31. The largest absolute Gasteiger partial charge is 0.465 e. The van der Waals surface area contributed by atoms with Crippen molar-refractivity contribution in [3.63, 3.8) is 0 Å². The van der Waals surface area contributed by atoms with Crippen LogP contribution >= 0.6 is 11.3 Å². The fourth-order valence-electron chi connectivity index (χ4n) is 1.03. The van der Waals surface area contributed by atoms with Crippen LogP contribution in [0.3, 0.4) is 0 Å². The highest BCUT2D eigenvalue weighted by Gasteiger charge is 2.16. The summed E-state index contributed by atoms with van der Waals surface area (Å²) in [5.74, 6) is -0.382. The fraction of sp³-hybridized carbons (Fsp3) is 0.143. The first kappa shape index (κ1) is 9.59. The van der Waals surface area contributed by atoms with Gasteiger partial charge in [-0.1, -0.05) is 5.10 Å². The molecule has 2 aromatic rings. The van der Waals surface area contributed by atoms with Crippen LogP contribution in [0.1, 0.15) is 9.67 Å². The zero-order valence-electron chi connectivity index (χ0n) is 7.75. The first-order valence-corrected chi connectivity index (χ1v) is 4.82. The van der Waals surface area contributed by atoms with Gasteiger partial charge in [0.15, 0.2) is 0 Å². The summed E-state index contributed by atoms with van der Waals surface area (Å²) < 4.78 is 4.61. The maximum atomic E-state index is 11.3. The maximum Gasteiger partial charge on any atom is 0.350 e. The highest BCUT2D eigenvalue weighted by Crippen LogP contribution is 2.20. The van der Waals surface area contributed by atoms with Crippen LogP contribution in [0.5, 0.6) is 0 Å². The SMILES string of the molecule is COC(=O)c1sccc1-n1nnc(N)n1. The highest BCUT2D eigenvalue weighted by molar-refractivity contribution is 7.12. The van der Waals surface area contributed by atoms with Crippen molar-refractivity contribution in [2.75, 3.05) is 12.8 Å². The molecule has 0 radical (unpaired) electrons. The number of nitrogens with zero attached hydrogens (tertiary/aromatic N) is 4. The zero-order chi connectivity index (χ0) is 10.8. The van der Waals surface area contributed by atoms with E-state index in [2.05, 4.69) is 20.1 Å². The maximum absolute atomic E-state index is 11.3. The molecule has 78 valence electrons. The summed E-state index contributed by atoms with van der Waals surface area (Å²) in [6.07, 6.45) is 0. The van der Waals surface area contributed by atoms with E-state index in [-0.39, 0.29) is 5.95 Å².